The van der Waals surface area contributed by atoms with Crippen LogP contribution in [0.2, 0.25) is 10.3 Å². The Morgan fingerprint density at radius 3 is 2.62 bits per heavy atom. The zero-order valence-corrected chi connectivity index (χ0v) is 10.3. The molecule has 2 N–H and O–H groups in total. The van der Waals surface area contributed by atoms with Crippen molar-refractivity contribution in [1.29, 1.82) is 0 Å². The molecule has 1 heterocycles. The second-order valence-corrected chi connectivity index (χ2v) is 3.55. The zero-order valence-electron chi connectivity index (χ0n) is 7.97. The summed E-state index contributed by atoms with van der Waals surface area (Å²) in [5, 5.41) is 4.08. The summed E-state index contributed by atoms with van der Waals surface area (Å²) in [4.78, 5) is 15.0. The molecule has 1 amide bonds. The fourth-order valence-electron chi connectivity index (χ4n) is 1.07. The van der Waals surface area contributed by atoms with Crippen molar-refractivity contribution in [3.8, 4) is 0 Å². The number of hydrogen-bond acceptors (Lipinski definition) is 4. The number of amides is 1. The third-order valence-corrected chi connectivity index (χ3v) is 2.36. The predicted molar refractivity (Wildman–Crippen MR) is 64.9 cm³/mol. The van der Waals surface area contributed by atoms with Crippen LogP contribution in [-0.2, 0) is 0 Å². The highest BCUT2D eigenvalue weighted by molar-refractivity contribution is 7.78. The van der Waals surface area contributed by atoms with E-state index in [0.717, 1.165) is 5.49 Å². The number of carbonyl (C=O) groups excluding carboxylic acids is 1. The molecule has 0 bridgehead atoms. The highest BCUT2D eigenvalue weighted by Gasteiger charge is 2.22. The first-order valence-electron chi connectivity index (χ1n) is 3.99. The average Bonchev–Trinajstić information content (AvgIpc) is 2.23. The van der Waals surface area contributed by atoms with Gasteiger partial charge in [-0.05, 0) is 0 Å². The van der Waals surface area contributed by atoms with E-state index in [4.69, 9.17) is 23.2 Å². The largest absolute Gasteiger partial charge is 0.385 e. The van der Waals surface area contributed by atoms with Gasteiger partial charge in [0.2, 0.25) is 0 Å². The molecular weight excluding hydrogens is 276 g/mol. The zero-order chi connectivity index (χ0) is 12.3. The summed E-state index contributed by atoms with van der Waals surface area (Å²) in [6.45, 7) is 0. The molecule has 4 nitrogen and oxygen atoms in total. The molecule has 0 saturated carbocycles. The van der Waals surface area contributed by atoms with Crippen molar-refractivity contribution in [1.82, 2.24) is 10.3 Å². The molecule has 0 aliphatic carbocycles. The van der Waals surface area contributed by atoms with Crippen LogP contribution in [0.5, 0.6) is 0 Å². The lowest BCUT2D eigenvalue weighted by Gasteiger charge is -2.10. The van der Waals surface area contributed by atoms with Crippen molar-refractivity contribution in [2.75, 3.05) is 12.4 Å². The fourth-order valence-corrected chi connectivity index (χ4v) is 1.67. The number of anilines is 1. The molecule has 0 aliphatic rings. The lowest BCUT2D eigenvalue weighted by Crippen LogP contribution is -2.23. The van der Waals surface area contributed by atoms with Gasteiger partial charge in [-0.25, -0.2) is 9.37 Å². The summed E-state index contributed by atoms with van der Waals surface area (Å²) in [6, 6.07) is 0. The molecule has 8 heteroatoms. The van der Waals surface area contributed by atoms with Crippen LogP contribution in [0.4, 0.5) is 10.1 Å². The Hall–Kier alpha value is -0.980. The maximum atomic E-state index is 13.5. The van der Waals surface area contributed by atoms with E-state index in [1.165, 1.54) is 7.05 Å². The average molecular weight is 282 g/mol. The van der Waals surface area contributed by atoms with E-state index in [0.29, 0.717) is 0 Å². The Morgan fingerprint density at radius 2 is 2.12 bits per heavy atom. The minimum atomic E-state index is -0.844. The molecule has 16 heavy (non-hydrogen) atoms. The van der Waals surface area contributed by atoms with Gasteiger partial charge in [-0.1, -0.05) is 35.4 Å². The van der Waals surface area contributed by atoms with E-state index >= 15 is 0 Å². The van der Waals surface area contributed by atoms with Gasteiger partial charge >= 0.3 is 0 Å². The SMILES string of the molecule is CNc1c(F)c(Cl)nc(Cl)c1C(=O)NC=S. The summed E-state index contributed by atoms with van der Waals surface area (Å²) in [7, 11) is 1.43. The van der Waals surface area contributed by atoms with Crippen LogP contribution >= 0.6 is 35.4 Å². The molecule has 0 atom stereocenters. The van der Waals surface area contributed by atoms with E-state index in [1.54, 1.807) is 0 Å². The molecule has 0 radical (unpaired) electrons. The number of pyridine rings is 1. The number of thiocarbonyl (C=S) groups is 1. The molecule has 0 unspecified atom stereocenters. The van der Waals surface area contributed by atoms with Gasteiger partial charge in [0.05, 0.1) is 11.2 Å². The van der Waals surface area contributed by atoms with Crippen molar-refractivity contribution in [3.63, 3.8) is 0 Å². The summed E-state index contributed by atoms with van der Waals surface area (Å²) < 4.78 is 13.5. The van der Waals surface area contributed by atoms with Gasteiger partial charge in [-0.3, -0.25) is 4.79 Å². The normalized spacial score (nSPS) is 9.75. The van der Waals surface area contributed by atoms with Crippen molar-refractivity contribution >= 4 is 52.5 Å². The van der Waals surface area contributed by atoms with E-state index in [-0.39, 0.29) is 16.4 Å². The van der Waals surface area contributed by atoms with Crippen LogP contribution in [0.25, 0.3) is 0 Å². The minimum absolute atomic E-state index is 0.126. The van der Waals surface area contributed by atoms with Gasteiger partial charge < -0.3 is 10.6 Å². The summed E-state index contributed by atoms with van der Waals surface area (Å²) >= 11 is 15.6. The molecule has 1 aromatic heterocycles. The number of hydrogen-bond donors (Lipinski definition) is 2. The first kappa shape index (κ1) is 13.1. The number of aromatic nitrogens is 1. The van der Waals surface area contributed by atoms with E-state index in [1.807, 2.05) is 0 Å². The lowest BCUT2D eigenvalue weighted by molar-refractivity contribution is 0.0979. The topological polar surface area (TPSA) is 54.0 Å². The summed E-state index contributed by atoms with van der Waals surface area (Å²) in [5.41, 5.74) is 0.719. The number of halogens is 3. The Labute approximate surface area is 106 Å². The van der Waals surface area contributed by atoms with Gasteiger partial charge in [0.25, 0.3) is 5.91 Å². The van der Waals surface area contributed by atoms with E-state index in [9.17, 15) is 9.18 Å². The quantitative estimate of drug-likeness (QED) is 0.659. The first-order valence-corrected chi connectivity index (χ1v) is 5.22. The van der Waals surface area contributed by atoms with Crippen LogP contribution in [0.15, 0.2) is 0 Å². The molecule has 0 aromatic carbocycles. The van der Waals surface area contributed by atoms with Gasteiger partial charge in [0, 0.05) is 7.05 Å². The van der Waals surface area contributed by atoms with Gasteiger partial charge in [0.1, 0.15) is 10.7 Å². The van der Waals surface area contributed by atoms with Crippen LogP contribution in [-0.4, -0.2) is 23.4 Å². The smallest absolute Gasteiger partial charge is 0.261 e. The highest BCUT2D eigenvalue weighted by atomic mass is 35.5. The number of nitrogens with zero attached hydrogens (tertiary/aromatic N) is 1. The maximum Gasteiger partial charge on any atom is 0.261 e. The van der Waals surface area contributed by atoms with E-state index in [2.05, 4.69) is 27.8 Å². The number of carbonyl (C=O) groups is 1. The molecular formula is C8H6Cl2FN3OS. The second-order valence-electron chi connectivity index (χ2n) is 2.60. The van der Waals surface area contributed by atoms with Crippen molar-refractivity contribution in [3.05, 3.63) is 21.7 Å². The molecule has 1 aromatic rings. The third kappa shape index (κ3) is 2.40. The minimum Gasteiger partial charge on any atom is -0.385 e. The number of rotatable bonds is 3. The van der Waals surface area contributed by atoms with Crippen LogP contribution in [0.1, 0.15) is 10.4 Å². The molecule has 1 rings (SSSR count). The van der Waals surface area contributed by atoms with Crippen LogP contribution in [0, 0.1) is 5.82 Å². The fraction of sp³-hybridized carbons (Fsp3) is 0.125. The monoisotopic (exact) mass is 281 g/mol. The molecule has 0 spiro atoms. The Morgan fingerprint density at radius 1 is 1.50 bits per heavy atom. The van der Waals surface area contributed by atoms with E-state index < -0.39 is 16.9 Å². The summed E-state index contributed by atoms with van der Waals surface area (Å²) in [6.07, 6.45) is 0. The third-order valence-electron chi connectivity index (χ3n) is 1.72. The summed E-state index contributed by atoms with van der Waals surface area (Å²) in [5.74, 6) is -1.50. The van der Waals surface area contributed by atoms with Crippen molar-refractivity contribution < 1.29 is 9.18 Å². The van der Waals surface area contributed by atoms with Crippen molar-refractivity contribution in [2.45, 2.75) is 0 Å². The maximum absolute atomic E-state index is 13.5. The van der Waals surface area contributed by atoms with Gasteiger partial charge in [-0.2, -0.15) is 0 Å². The van der Waals surface area contributed by atoms with Crippen LogP contribution in [0.3, 0.4) is 0 Å². The Bertz CT molecular complexity index is 455. The first-order chi connectivity index (χ1) is 7.52. The number of nitrogens with one attached hydrogen (secondary N) is 2. The second kappa shape index (κ2) is 5.38. The lowest BCUT2D eigenvalue weighted by atomic mass is 10.2. The highest BCUT2D eigenvalue weighted by Crippen LogP contribution is 2.29. The van der Waals surface area contributed by atoms with Crippen LogP contribution < -0.4 is 10.6 Å². The predicted octanol–water partition coefficient (Wildman–Crippen LogP) is 2.26. The van der Waals surface area contributed by atoms with Gasteiger partial charge in [0.15, 0.2) is 11.0 Å². The molecule has 0 fully saturated rings. The molecule has 0 aliphatic heterocycles. The van der Waals surface area contributed by atoms with Gasteiger partial charge in [-0.15, -0.1) is 0 Å². The van der Waals surface area contributed by atoms with Crippen molar-refractivity contribution in [2.24, 2.45) is 0 Å². The Kier molecular flexibility index (Phi) is 4.40. The standard InChI is InChI=1S/C8H6Cl2FN3OS/c1-12-5-3(8(15)13-2-16)6(9)14-7(10)4(5)11/h2H,1H3,(H,12,14)(H,13,15,16). The molecule has 0 saturated heterocycles. The Balaban J connectivity index is 3.42. The molecule has 86 valence electrons.